The molecule has 6 heteroatoms. The highest BCUT2D eigenvalue weighted by atomic mass is 19.1. The van der Waals surface area contributed by atoms with Gasteiger partial charge in [-0.3, -0.25) is 0 Å². The fourth-order valence-corrected chi connectivity index (χ4v) is 3.17. The average Bonchev–Trinajstić information content (AvgIpc) is 2.86. The summed E-state index contributed by atoms with van der Waals surface area (Å²) in [5, 5.41) is 0. The third-order valence-corrected chi connectivity index (χ3v) is 4.47. The van der Waals surface area contributed by atoms with Crippen molar-refractivity contribution in [2.75, 3.05) is 18.0 Å². The fourth-order valence-electron chi connectivity index (χ4n) is 3.17. The summed E-state index contributed by atoms with van der Waals surface area (Å²) in [7, 11) is 0. The molecule has 3 aromatic rings. The summed E-state index contributed by atoms with van der Waals surface area (Å²) in [5.74, 6) is 0.905. The number of fused-ring (bicyclic) bond motifs is 1. The van der Waals surface area contributed by atoms with Gasteiger partial charge in [0.15, 0.2) is 11.6 Å². The van der Waals surface area contributed by atoms with Gasteiger partial charge in [-0.15, -0.1) is 0 Å². The Kier molecular flexibility index (Phi) is 4.09. The molecule has 0 N–H and O–H groups in total. The van der Waals surface area contributed by atoms with Gasteiger partial charge in [-0.2, -0.15) is 0 Å². The van der Waals surface area contributed by atoms with Crippen LogP contribution in [0.3, 0.4) is 0 Å². The van der Waals surface area contributed by atoms with Crippen LogP contribution in [0.15, 0.2) is 42.7 Å². The molecule has 25 heavy (non-hydrogen) atoms. The predicted octanol–water partition coefficient (Wildman–Crippen LogP) is 2.99. The summed E-state index contributed by atoms with van der Waals surface area (Å²) in [6.07, 6.45) is 4.04. The van der Waals surface area contributed by atoms with Crippen molar-refractivity contribution in [3.8, 4) is 11.4 Å². The SMILES string of the molecule is Cc1nc(-c2ccccc2)nc2c1CCN(c1ncc(F)cn1)CC2. The maximum atomic E-state index is 13.0. The Bertz CT molecular complexity index is 880. The largest absolute Gasteiger partial charge is 0.340 e. The van der Waals surface area contributed by atoms with E-state index in [4.69, 9.17) is 9.97 Å². The van der Waals surface area contributed by atoms with Gasteiger partial charge in [-0.05, 0) is 18.9 Å². The number of hydrogen-bond acceptors (Lipinski definition) is 5. The second-order valence-electron chi connectivity index (χ2n) is 6.11. The van der Waals surface area contributed by atoms with Crippen molar-refractivity contribution in [1.82, 2.24) is 19.9 Å². The summed E-state index contributed by atoms with van der Waals surface area (Å²) >= 11 is 0. The zero-order valence-electron chi connectivity index (χ0n) is 14.0. The molecule has 0 saturated carbocycles. The molecule has 0 radical (unpaired) electrons. The van der Waals surface area contributed by atoms with Crippen molar-refractivity contribution < 1.29 is 4.39 Å². The van der Waals surface area contributed by atoms with Gasteiger partial charge >= 0.3 is 0 Å². The Balaban J connectivity index is 1.63. The zero-order chi connectivity index (χ0) is 17.2. The first-order valence-corrected chi connectivity index (χ1v) is 8.35. The number of aromatic nitrogens is 4. The fraction of sp³-hybridized carbons (Fsp3) is 0.263. The molecule has 2 aromatic heterocycles. The second kappa shape index (κ2) is 6.55. The molecule has 0 fully saturated rings. The van der Waals surface area contributed by atoms with Gasteiger partial charge in [-0.25, -0.2) is 24.3 Å². The van der Waals surface area contributed by atoms with Crippen LogP contribution in [0.5, 0.6) is 0 Å². The van der Waals surface area contributed by atoms with E-state index in [1.165, 1.54) is 18.0 Å². The van der Waals surface area contributed by atoms with Crippen LogP contribution in [0, 0.1) is 12.7 Å². The van der Waals surface area contributed by atoms with E-state index in [9.17, 15) is 4.39 Å². The highest BCUT2D eigenvalue weighted by molar-refractivity contribution is 5.55. The standard InChI is InChI=1S/C19H18FN5/c1-13-16-7-9-25(19-21-11-15(20)12-22-19)10-8-17(16)24-18(23-13)14-5-3-2-4-6-14/h2-6,11-12H,7-10H2,1H3. The molecule has 0 aliphatic carbocycles. The molecular weight excluding hydrogens is 317 g/mol. The molecule has 5 nitrogen and oxygen atoms in total. The summed E-state index contributed by atoms with van der Waals surface area (Å²) in [6, 6.07) is 10.0. The van der Waals surface area contributed by atoms with E-state index < -0.39 is 5.82 Å². The van der Waals surface area contributed by atoms with E-state index in [0.717, 1.165) is 48.7 Å². The van der Waals surface area contributed by atoms with Gasteiger partial charge < -0.3 is 4.90 Å². The molecule has 126 valence electrons. The molecule has 1 aromatic carbocycles. The van der Waals surface area contributed by atoms with E-state index >= 15 is 0 Å². The van der Waals surface area contributed by atoms with Gasteiger partial charge in [-0.1, -0.05) is 30.3 Å². The van der Waals surface area contributed by atoms with Crippen LogP contribution < -0.4 is 4.90 Å². The number of hydrogen-bond donors (Lipinski definition) is 0. The summed E-state index contributed by atoms with van der Waals surface area (Å²) < 4.78 is 13.0. The maximum Gasteiger partial charge on any atom is 0.225 e. The lowest BCUT2D eigenvalue weighted by Gasteiger charge is -2.19. The minimum atomic E-state index is -0.420. The van der Waals surface area contributed by atoms with Crippen LogP contribution in [0.1, 0.15) is 17.0 Å². The molecular formula is C19H18FN5. The third-order valence-electron chi connectivity index (χ3n) is 4.47. The van der Waals surface area contributed by atoms with Crippen LogP contribution in [0.4, 0.5) is 10.3 Å². The van der Waals surface area contributed by atoms with Gasteiger partial charge in [0.25, 0.3) is 0 Å². The minimum Gasteiger partial charge on any atom is -0.340 e. The smallest absolute Gasteiger partial charge is 0.225 e. The van der Waals surface area contributed by atoms with Crippen LogP contribution in [-0.2, 0) is 12.8 Å². The van der Waals surface area contributed by atoms with E-state index in [0.29, 0.717) is 5.95 Å². The Morgan fingerprint density at radius 3 is 2.44 bits per heavy atom. The van der Waals surface area contributed by atoms with Crippen molar-refractivity contribution in [1.29, 1.82) is 0 Å². The lowest BCUT2D eigenvalue weighted by molar-refractivity contribution is 0.610. The third kappa shape index (κ3) is 3.20. The van der Waals surface area contributed by atoms with Crippen molar-refractivity contribution in [2.45, 2.75) is 19.8 Å². The molecule has 3 heterocycles. The first-order valence-electron chi connectivity index (χ1n) is 8.35. The number of nitrogens with zero attached hydrogens (tertiary/aromatic N) is 5. The number of rotatable bonds is 2. The number of halogens is 1. The molecule has 0 bridgehead atoms. The van der Waals surface area contributed by atoms with Gasteiger partial charge in [0.2, 0.25) is 5.95 Å². The summed E-state index contributed by atoms with van der Waals surface area (Å²) in [5.41, 5.74) is 4.32. The maximum absolute atomic E-state index is 13.0. The van der Waals surface area contributed by atoms with Crippen molar-refractivity contribution in [3.05, 3.63) is 65.5 Å². The van der Waals surface area contributed by atoms with Crippen LogP contribution >= 0.6 is 0 Å². The second-order valence-corrected chi connectivity index (χ2v) is 6.11. The molecule has 0 unspecified atom stereocenters. The normalized spacial score (nSPS) is 14.1. The molecule has 1 aliphatic rings. The highest BCUT2D eigenvalue weighted by Gasteiger charge is 2.20. The lowest BCUT2D eigenvalue weighted by atomic mass is 10.1. The molecule has 0 saturated heterocycles. The first-order chi connectivity index (χ1) is 12.2. The Labute approximate surface area is 145 Å². The van der Waals surface area contributed by atoms with Crippen LogP contribution in [-0.4, -0.2) is 33.0 Å². The molecule has 0 atom stereocenters. The van der Waals surface area contributed by atoms with Crippen molar-refractivity contribution in [3.63, 3.8) is 0 Å². The monoisotopic (exact) mass is 335 g/mol. The minimum absolute atomic E-state index is 0.420. The van der Waals surface area contributed by atoms with E-state index in [2.05, 4.69) is 14.9 Å². The highest BCUT2D eigenvalue weighted by Crippen LogP contribution is 2.23. The van der Waals surface area contributed by atoms with Crippen molar-refractivity contribution in [2.24, 2.45) is 0 Å². The molecule has 0 amide bonds. The topological polar surface area (TPSA) is 54.8 Å². The summed E-state index contributed by atoms with van der Waals surface area (Å²) in [6.45, 7) is 3.56. The molecule has 1 aliphatic heterocycles. The van der Waals surface area contributed by atoms with Gasteiger partial charge in [0, 0.05) is 36.5 Å². The Morgan fingerprint density at radius 1 is 0.960 bits per heavy atom. The van der Waals surface area contributed by atoms with Crippen LogP contribution in [0.2, 0.25) is 0 Å². The Hall–Kier alpha value is -2.89. The van der Waals surface area contributed by atoms with Gasteiger partial charge in [0.05, 0.1) is 12.4 Å². The van der Waals surface area contributed by atoms with Crippen molar-refractivity contribution >= 4 is 5.95 Å². The first kappa shape index (κ1) is 15.6. The van der Waals surface area contributed by atoms with E-state index in [-0.39, 0.29) is 0 Å². The number of aryl methyl sites for hydroxylation is 1. The van der Waals surface area contributed by atoms with Gasteiger partial charge in [0.1, 0.15) is 0 Å². The van der Waals surface area contributed by atoms with Crippen LogP contribution in [0.25, 0.3) is 11.4 Å². The zero-order valence-corrected chi connectivity index (χ0v) is 14.0. The predicted molar refractivity (Wildman–Crippen MR) is 93.8 cm³/mol. The molecule has 4 rings (SSSR count). The number of anilines is 1. The Morgan fingerprint density at radius 2 is 1.68 bits per heavy atom. The molecule has 0 spiro atoms. The number of benzene rings is 1. The van der Waals surface area contributed by atoms with E-state index in [1.807, 2.05) is 37.3 Å². The summed E-state index contributed by atoms with van der Waals surface area (Å²) in [4.78, 5) is 19.8. The quantitative estimate of drug-likeness (QED) is 0.721. The average molecular weight is 335 g/mol. The van der Waals surface area contributed by atoms with E-state index in [1.54, 1.807) is 0 Å². The lowest BCUT2D eigenvalue weighted by Crippen LogP contribution is -2.27.